The van der Waals surface area contributed by atoms with Crippen LogP contribution in [0.5, 0.6) is 0 Å². The molecule has 8 rings (SSSR count). The third-order valence-electron chi connectivity index (χ3n) is 18.4. The fourth-order valence-electron chi connectivity index (χ4n) is 12.8. The number of amides is 2. The standard InChI is InChI=1S/C65H112N16O26/c1-40(86)66-55-61(94)59(92)50(38-84)106-63(55)102-24-20-98-16-10-78-32-42(68-72-78)28-76(29-43-33-79(73-69-43)11-17-99-21-25-103-64-56(67-41(2)87)62(95)60(93)51(39-85)107-64)9-7-6-8-52(65(3,4)5)77(30-44-34-80(74-70-44)12-14-96-18-22-100-53-26-46(88)57(90)48(36-82)104-53)31-45-35-81(75-71-45)13-15-97-19-23-101-54-27-47(89)58(91)49(37-83)105-54/h32-35,46-64,82-85,88-95H,6-31,36-39H2,1-5H3,(H,66,86)(H,67,87)/t46-,47-,48-,49-,50-,51-,52?,53-,54-,55-,56-,57-,58-,59+,60+,61-,62-,63-,64-/m1/s1. The molecule has 0 spiro atoms. The van der Waals surface area contributed by atoms with Crippen molar-refractivity contribution in [3.05, 3.63) is 47.6 Å². The van der Waals surface area contributed by atoms with E-state index in [9.17, 15) is 70.9 Å². The normalized spacial score (nSPS) is 28.3. The summed E-state index contributed by atoms with van der Waals surface area (Å²) in [5.74, 6) is -0.950. The van der Waals surface area contributed by atoms with Crippen molar-refractivity contribution in [2.24, 2.45) is 5.41 Å². The van der Waals surface area contributed by atoms with Crippen LogP contribution in [-0.4, -0.2) is 372 Å². The van der Waals surface area contributed by atoms with E-state index in [1.807, 2.05) is 24.8 Å². The van der Waals surface area contributed by atoms with Gasteiger partial charge in [0.2, 0.25) is 11.8 Å². The number of rotatable bonds is 48. The van der Waals surface area contributed by atoms with Crippen molar-refractivity contribution in [3.63, 3.8) is 0 Å². The van der Waals surface area contributed by atoms with Crippen LogP contribution in [0.1, 0.15) is 89.5 Å². The molecule has 42 heteroatoms. The van der Waals surface area contributed by atoms with Crippen LogP contribution in [0.4, 0.5) is 0 Å². The van der Waals surface area contributed by atoms with Gasteiger partial charge in [-0.2, -0.15) is 0 Å². The fraction of sp³-hybridized carbons (Fsp3) is 0.846. The minimum absolute atomic E-state index is 0.00665. The largest absolute Gasteiger partial charge is 0.394 e. The number of ether oxygens (including phenoxy) is 12. The molecule has 107 heavy (non-hydrogen) atoms. The van der Waals surface area contributed by atoms with E-state index in [4.69, 9.17) is 56.8 Å². The highest BCUT2D eigenvalue weighted by atomic mass is 16.7. The topological polar surface area (TPSA) is 541 Å². The van der Waals surface area contributed by atoms with Crippen LogP contribution in [0, 0.1) is 5.41 Å². The number of hydrogen-bond acceptors (Lipinski definition) is 36. The third kappa shape index (κ3) is 27.7. The Hall–Kier alpha value is -5.54. The molecule has 1 unspecified atom stereocenters. The number of nitrogens with one attached hydrogen (secondary N) is 2. The van der Waals surface area contributed by atoms with Gasteiger partial charge < -0.3 is 129 Å². The summed E-state index contributed by atoms with van der Waals surface area (Å²) in [6.07, 6.45) is -8.78. The average molecular weight is 1530 g/mol. The molecule has 4 fully saturated rings. The molecule has 4 saturated heterocycles. The molecule has 0 aliphatic carbocycles. The molecule has 0 radical (unpaired) electrons. The van der Waals surface area contributed by atoms with E-state index in [0.717, 1.165) is 19.3 Å². The van der Waals surface area contributed by atoms with Crippen molar-refractivity contribution in [1.29, 1.82) is 0 Å². The maximum atomic E-state index is 11.9. The lowest BCUT2D eigenvalue weighted by molar-refractivity contribution is -0.272. The molecule has 0 saturated carbocycles. The Morgan fingerprint density at radius 3 is 1.14 bits per heavy atom. The average Bonchev–Trinajstić information content (AvgIpc) is 1.56. The summed E-state index contributed by atoms with van der Waals surface area (Å²) in [4.78, 5) is 28.3. The summed E-state index contributed by atoms with van der Waals surface area (Å²) < 4.78 is 75.5. The van der Waals surface area contributed by atoms with Crippen molar-refractivity contribution in [3.8, 4) is 0 Å². The Labute approximate surface area is 618 Å². The van der Waals surface area contributed by atoms with Gasteiger partial charge >= 0.3 is 0 Å². The summed E-state index contributed by atoms with van der Waals surface area (Å²) in [7, 11) is 0. The molecular weight excluding hydrogens is 1420 g/mol. The second-order valence-corrected chi connectivity index (χ2v) is 27.8. The van der Waals surface area contributed by atoms with Crippen molar-refractivity contribution in [2.45, 2.75) is 236 Å². The van der Waals surface area contributed by atoms with Gasteiger partial charge in [-0.3, -0.25) is 19.4 Å². The zero-order valence-corrected chi connectivity index (χ0v) is 61.3. The van der Waals surface area contributed by atoms with Gasteiger partial charge in [0.05, 0.1) is 167 Å². The summed E-state index contributed by atoms with van der Waals surface area (Å²) in [6, 6.07) is -2.23. The molecule has 42 nitrogen and oxygen atoms in total. The lowest BCUT2D eigenvalue weighted by Crippen LogP contribution is -2.64. The zero-order chi connectivity index (χ0) is 77.0. The highest BCUT2D eigenvalue weighted by molar-refractivity contribution is 5.73. The van der Waals surface area contributed by atoms with Gasteiger partial charge in [0.15, 0.2) is 25.2 Å². The molecule has 0 bridgehead atoms. The van der Waals surface area contributed by atoms with Crippen LogP contribution in [0.3, 0.4) is 0 Å². The number of nitrogens with zero attached hydrogens (tertiary/aromatic N) is 14. The Balaban J connectivity index is 0.885. The van der Waals surface area contributed by atoms with Gasteiger partial charge in [-0.25, -0.2) is 18.7 Å². The summed E-state index contributed by atoms with van der Waals surface area (Å²) in [5, 5.41) is 162. The number of unbranched alkanes of at least 4 members (excludes halogenated alkanes) is 1. The number of hydrogen-bond donors (Lipinski definition) is 14. The van der Waals surface area contributed by atoms with E-state index < -0.39 is 149 Å². The van der Waals surface area contributed by atoms with Crippen LogP contribution < -0.4 is 10.6 Å². The minimum atomic E-state index is -1.45. The predicted octanol–water partition coefficient (Wildman–Crippen LogP) is -6.98. The molecule has 4 aromatic heterocycles. The number of aliphatic hydroxyl groups excluding tert-OH is 12. The van der Waals surface area contributed by atoms with E-state index in [2.05, 4.69) is 82.5 Å². The highest BCUT2D eigenvalue weighted by Crippen LogP contribution is 2.32. The number of aromatic nitrogens is 12. The Kier molecular flexibility index (Phi) is 36.2. The van der Waals surface area contributed by atoms with Gasteiger partial charge in [0.25, 0.3) is 0 Å². The van der Waals surface area contributed by atoms with Crippen molar-refractivity contribution in [1.82, 2.24) is 80.4 Å². The first kappa shape index (κ1) is 87.0. The first-order chi connectivity index (χ1) is 51.4. The SMILES string of the molecule is CC(=O)N[C@H]1[C@H](OCCOCCn2cc(CN(CCCCC(N(Cc3cn(CCOCCO[C@H]4C[C@@H](O)[C@@H](O)[C@@H](CO)O4)nn3)Cc3cn(CCOCCO[C@H]4C[C@@H](O)[C@@H](O)[C@@H](CO)O4)nn3)C(C)(C)C)Cc3cn(CCOCCO[C@@H]4O[C@H](CO)[C@H](O)[C@H](O)[C@H]4NC(C)=O)nn3)nn2)O[C@H](CO)[C@H](O)[C@@H]1O. The van der Waals surface area contributed by atoms with Gasteiger partial charge in [-0.05, 0) is 24.8 Å². The van der Waals surface area contributed by atoms with E-state index in [1.165, 1.54) is 13.8 Å². The van der Waals surface area contributed by atoms with E-state index in [0.29, 0.717) is 81.7 Å². The maximum absolute atomic E-state index is 11.9. The number of aliphatic hydroxyl groups is 12. The van der Waals surface area contributed by atoms with E-state index in [1.54, 1.807) is 18.7 Å². The quantitative estimate of drug-likeness (QED) is 0.0183. The molecule has 19 atom stereocenters. The summed E-state index contributed by atoms with van der Waals surface area (Å²) in [6.45, 7) is 12.4. The highest BCUT2D eigenvalue weighted by Gasteiger charge is 2.47. The van der Waals surface area contributed by atoms with Gasteiger partial charge in [0.1, 0.15) is 73.1 Å². The lowest BCUT2D eigenvalue weighted by atomic mass is 9.82. The molecule has 4 aliphatic rings. The second kappa shape index (κ2) is 44.5. The lowest BCUT2D eigenvalue weighted by Gasteiger charge is -2.42. The van der Waals surface area contributed by atoms with Crippen molar-refractivity contribution >= 4 is 11.8 Å². The number of carbonyl (C=O) groups is 2. The van der Waals surface area contributed by atoms with Crippen LogP contribution in [0.2, 0.25) is 0 Å². The first-order valence-corrected chi connectivity index (χ1v) is 36.3. The summed E-state index contributed by atoms with van der Waals surface area (Å²) >= 11 is 0. The molecule has 608 valence electrons. The van der Waals surface area contributed by atoms with Gasteiger partial charge in [-0.1, -0.05) is 48.0 Å². The molecule has 14 N–H and O–H groups in total. The smallest absolute Gasteiger partial charge is 0.217 e. The monoisotopic (exact) mass is 1530 g/mol. The molecule has 4 aromatic rings. The zero-order valence-electron chi connectivity index (χ0n) is 61.3. The Morgan fingerprint density at radius 2 is 0.804 bits per heavy atom. The van der Waals surface area contributed by atoms with E-state index in [-0.39, 0.29) is 104 Å². The fourth-order valence-corrected chi connectivity index (χ4v) is 12.8. The third-order valence-corrected chi connectivity index (χ3v) is 18.4. The Bertz CT molecular complexity index is 2970. The van der Waals surface area contributed by atoms with Crippen LogP contribution in [0.15, 0.2) is 24.8 Å². The molecule has 8 heterocycles. The molecule has 2 amide bonds. The molecular formula is C65H112N16O26. The van der Waals surface area contributed by atoms with Crippen LogP contribution >= 0.6 is 0 Å². The van der Waals surface area contributed by atoms with Crippen LogP contribution in [0.25, 0.3) is 0 Å². The summed E-state index contributed by atoms with van der Waals surface area (Å²) in [5.41, 5.74) is 2.48. The maximum Gasteiger partial charge on any atom is 0.217 e. The Morgan fingerprint density at radius 1 is 0.467 bits per heavy atom. The molecule has 4 aliphatic heterocycles. The van der Waals surface area contributed by atoms with Crippen LogP contribution in [-0.2, 0) is 119 Å². The van der Waals surface area contributed by atoms with Gasteiger partial charge in [-0.15, -0.1) is 20.4 Å². The first-order valence-electron chi connectivity index (χ1n) is 36.3. The molecule has 0 aromatic carbocycles. The number of carbonyl (C=O) groups excluding carboxylic acids is 2. The second-order valence-electron chi connectivity index (χ2n) is 27.8. The van der Waals surface area contributed by atoms with Gasteiger partial charge in [0, 0.05) is 83.7 Å². The van der Waals surface area contributed by atoms with Crippen molar-refractivity contribution < 1.29 is 128 Å². The minimum Gasteiger partial charge on any atom is -0.394 e. The van der Waals surface area contributed by atoms with Crippen molar-refractivity contribution in [2.75, 3.05) is 112 Å². The van der Waals surface area contributed by atoms with E-state index >= 15 is 0 Å². The predicted molar refractivity (Wildman–Crippen MR) is 363 cm³/mol.